The van der Waals surface area contributed by atoms with Crippen LogP contribution in [0.3, 0.4) is 0 Å². The quantitative estimate of drug-likeness (QED) is 0.587. The monoisotopic (exact) mass is 360 g/mol. The second-order valence-electron chi connectivity index (χ2n) is 5.65. The number of nitrogens with one attached hydrogen (secondary N) is 1. The lowest BCUT2D eigenvalue weighted by Gasteiger charge is -2.04. The fourth-order valence-electron chi connectivity index (χ4n) is 2.62. The number of carbonyl (C=O) groups is 1. The first-order chi connectivity index (χ1) is 12.8. The molecule has 0 atom stereocenters. The van der Waals surface area contributed by atoms with Crippen LogP contribution < -0.4 is 5.32 Å². The number of pyridine rings is 1. The van der Waals surface area contributed by atoms with Crippen molar-refractivity contribution in [3.63, 3.8) is 0 Å². The van der Waals surface area contributed by atoms with E-state index in [2.05, 4.69) is 15.4 Å². The Kier molecular flexibility index (Phi) is 4.57. The highest BCUT2D eigenvalue weighted by Gasteiger charge is 2.19. The lowest BCUT2D eigenvalue weighted by molar-refractivity contribution is 0.0951. The molecule has 0 aliphatic heterocycles. The third kappa shape index (κ3) is 3.41. The zero-order chi connectivity index (χ0) is 17.8. The topological polar surface area (TPSA) is 59.8 Å². The van der Waals surface area contributed by atoms with E-state index in [4.69, 9.17) is 0 Å². The second kappa shape index (κ2) is 7.33. The fraction of sp³-hybridized carbons (Fsp3) is 0.0500. The Balaban J connectivity index is 1.65. The predicted molar refractivity (Wildman–Crippen MR) is 102 cm³/mol. The van der Waals surface area contributed by atoms with Gasteiger partial charge in [0.25, 0.3) is 5.91 Å². The summed E-state index contributed by atoms with van der Waals surface area (Å²) in [6, 6.07) is 19.3. The number of para-hydroxylation sites is 1. The van der Waals surface area contributed by atoms with Crippen molar-refractivity contribution < 1.29 is 4.79 Å². The van der Waals surface area contributed by atoms with E-state index in [1.807, 2.05) is 66.0 Å². The maximum Gasteiger partial charge on any atom is 0.255 e. The first-order valence-electron chi connectivity index (χ1n) is 8.18. The standard InChI is InChI=1S/C20H16N4OS/c25-20(22-13-15-7-4-5-11-21-15)17-14-24(16-8-2-1-3-9-16)23-19(17)18-10-6-12-26-18/h1-12,14H,13H2,(H,22,25). The van der Waals surface area contributed by atoms with Crippen LogP contribution in [0.2, 0.25) is 0 Å². The number of amides is 1. The number of benzene rings is 1. The van der Waals surface area contributed by atoms with Crippen molar-refractivity contribution >= 4 is 17.2 Å². The van der Waals surface area contributed by atoms with Crippen molar-refractivity contribution in [1.82, 2.24) is 20.1 Å². The number of thiophene rings is 1. The summed E-state index contributed by atoms with van der Waals surface area (Å²) in [4.78, 5) is 18.0. The average molecular weight is 360 g/mol. The lowest BCUT2D eigenvalue weighted by Crippen LogP contribution is -2.23. The van der Waals surface area contributed by atoms with E-state index in [1.165, 1.54) is 0 Å². The summed E-state index contributed by atoms with van der Waals surface area (Å²) in [5.74, 6) is -0.166. The van der Waals surface area contributed by atoms with E-state index in [1.54, 1.807) is 28.4 Å². The molecule has 1 N–H and O–H groups in total. The van der Waals surface area contributed by atoms with Gasteiger partial charge in [0, 0.05) is 12.4 Å². The van der Waals surface area contributed by atoms with E-state index in [0.717, 1.165) is 16.3 Å². The molecule has 4 rings (SSSR count). The molecule has 1 aromatic carbocycles. The number of hydrogen-bond acceptors (Lipinski definition) is 4. The molecule has 6 heteroatoms. The molecular formula is C20H16N4OS. The highest BCUT2D eigenvalue weighted by molar-refractivity contribution is 7.13. The van der Waals surface area contributed by atoms with Gasteiger partial charge in [-0.2, -0.15) is 5.10 Å². The minimum atomic E-state index is -0.166. The number of rotatable bonds is 5. The van der Waals surface area contributed by atoms with Crippen LogP contribution in [-0.2, 0) is 6.54 Å². The molecule has 26 heavy (non-hydrogen) atoms. The zero-order valence-electron chi connectivity index (χ0n) is 13.9. The molecular weight excluding hydrogens is 344 g/mol. The van der Waals surface area contributed by atoms with Crippen LogP contribution in [0, 0.1) is 0 Å². The predicted octanol–water partition coefficient (Wildman–Crippen LogP) is 3.93. The summed E-state index contributed by atoms with van der Waals surface area (Å²) >= 11 is 1.56. The smallest absolute Gasteiger partial charge is 0.255 e. The van der Waals surface area contributed by atoms with Gasteiger partial charge in [-0.15, -0.1) is 11.3 Å². The minimum Gasteiger partial charge on any atom is -0.346 e. The molecule has 0 aliphatic rings. The van der Waals surface area contributed by atoms with Crippen molar-refractivity contribution in [2.45, 2.75) is 6.54 Å². The summed E-state index contributed by atoms with van der Waals surface area (Å²) in [6.45, 7) is 0.375. The van der Waals surface area contributed by atoms with Gasteiger partial charge in [-0.25, -0.2) is 4.68 Å². The average Bonchev–Trinajstić information content (AvgIpc) is 3.37. The highest BCUT2D eigenvalue weighted by atomic mass is 32.1. The van der Waals surface area contributed by atoms with E-state index in [9.17, 15) is 4.79 Å². The maximum absolute atomic E-state index is 12.8. The Morgan fingerprint density at radius 1 is 1.04 bits per heavy atom. The van der Waals surface area contributed by atoms with Gasteiger partial charge >= 0.3 is 0 Å². The molecule has 0 saturated carbocycles. The van der Waals surface area contributed by atoms with Crippen LogP contribution in [0.4, 0.5) is 0 Å². The van der Waals surface area contributed by atoms with Crippen LogP contribution in [0.5, 0.6) is 0 Å². The van der Waals surface area contributed by atoms with Crippen LogP contribution in [0.25, 0.3) is 16.3 Å². The van der Waals surface area contributed by atoms with Gasteiger partial charge in [-0.1, -0.05) is 30.3 Å². The number of aromatic nitrogens is 3. The molecule has 128 valence electrons. The molecule has 3 aromatic heterocycles. The summed E-state index contributed by atoms with van der Waals surface area (Å²) in [7, 11) is 0. The van der Waals surface area contributed by atoms with Crippen molar-refractivity contribution in [3.05, 3.63) is 89.7 Å². The Hall–Kier alpha value is -3.25. The first-order valence-corrected chi connectivity index (χ1v) is 9.06. The summed E-state index contributed by atoms with van der Waals surface area (Å²) in [6.07, 6.45) is 3.49. The van der Waals surface area contributed by atoms with Gasteiger partial charge < -0.3 is 5.32 Å². The minimum absolute atomic E-state index is 0.166. The molecule has 0 spiro atoms. The van der Waals surface area contributed by atoms with E-state index in [0.29, 0.717) is 17.8 Å². The molecule has 1 amide bonds. The Morgan fingerprint density at radius 3 is 2.62 bits per heavy atom. The lowest BCUT2D eigenvalue weighted by atomic mass is 10.2. The molecule has 4 aromatic rings. The largest absolute Gasteiger partial charge is 0.346 e. The van der Waals surface area contributed by atoms with Crippen LogP contribution >= 0.6 is 11.3 Å². The van der Waals surface area contributed by atoms with Gasteiger partial charge in [0.05, 0.1) is 28.4 Å². The van der Waals surface area contributed by atoms with Crippen molar-refractivity contribution in [1.29, 1.82) is 0 Å². The molecule has 3 heterocycles. The Morgan fingerprint density at radius 2 is 1.88 bits per heavy atom. The molecule has 5 nitrogen and oxygen atoms in total. The van der Waals surface area contributed by atoms with Gasteiger partial charge in [0.2, 0.25) is 0 Å². The van der Waals surface area contributed by atoms with E-state index in [-0.39, 0.29) is 5.91 Å². The van der Waals surface area contributed by atoms with Crippen LogP contribution in [0.1, 0.15) is 16.1 Å². The molecule has 0 bridgehead atoms. The number of nitrogens with zero attached hydrogens (tertiary/aromatic N) is 3. The molecule has 0 radical (unpaired) electrons. The second-order valence-corrected chi connectivity index (χ2v) is 6.60. The number of carbonyl (C=O) groups excluding carboxylic acids is 1. The van der Waals surface area contributed by atoms with Crippen LogP contribution in [-0.4, -0.2) is 20.7 Å². The van der Waals surface area contributed by atoms with Crippen LogP contribution in [0.15, 0.2) is 78.4 Å². The van der Waals surface area contributed by atoms with E-state index < -0.39 is 0 Å². The van der Waals surface area contributed by atoms with E-state index >= 15 is 0 Å². The molecule has 0 aliphatic carbocycles. The zero-order valence-corrected chi connectivity index (χ0v) is 14.7. The van der Waals surface area contributed by atoms with Crippen molar-refractivity contribution in [2.75, 3.05) is 0 Å². The third-order valence-electron chi connectivity index (χ3n) is 3.89. The highest BCUT2D eigenvalue weighted by Crippen LogP contribution is 2.27. The first kappa shape index (κ1) is 16.2. The summed E-state index contributed by atoms with van der Waals surface area (Å²) in [5, 5.41) is 9.56. The van der Waals surface area contributed by atoms with Crippen molar-refractivity contribution in [3.8, 4) is 16.3 Å². The SMILES string of the molecule is O=C(NCc1ccccn1)c1cn(-c2ccccc2)nc1-c1cccs1. The Bertz CT molecular complexity index is 995. The van der Waals surface area contributed by atoms with Gasteiger partial charge in [0.15, 0.2) is 0 Å². The molecule has 0 unspecified atom stereocenters. The number of hydrogen-bond donors (Lipinski definition) is 1. The van der Waals surface area contributed by atoms with Gasteiger partial charge in [0.1, 0.15) is 5.69 Å². The molecule has 0 fully saturated rings. The Labute approximate surface area is 155 Å². The van der Waals surface area contributed by atoms with Crippen molar-refractivity contribution in [2.24, 2.45) is 0 Å². The maximum atomic E-state index is 12.8. The summed E-state index contributed by atoms with van der Waals surface area (Å²) < 4.78 is 1.74. The van der Waals surface area contributed by atoms with Gasteiger partial charge in [-0.3, -0.25) is 9.78 Å². The summed E-state index contributed by atoms with van der Waals surface area (Å²) in [5.41, 5.74) is 2.96. The van der Waals surface area contributed by atoms with Gasteiger partial charge in [-0.05, 0) is 35.7 Å². The third-order valence-corrected chi connectivity index (χ3v) is 4.77. The fourth-order valence-corrected chi connectivity index (χ4v) is 3.34. The molecule has 0 saturated heterocycles. The normalized spacial score (nSPS) is 10.6.